The predicted molar refractivity (Wildman–Crippen MR) is 111 cm³/mol. The van der Waals surface area contributed by atoms with Gasteiger partial charge in [0.1, 0.15) is 21.6 Å². The third-order valence-corrected chi connectivity index (χ3v) is 5.52. The number of alkyl halides is 2. The van der Waals surface area contributed by atoms with E-state index in [1.165, 1.54) is 7.11 Å². The molecule has 5 nitrogen and oxygen atoms in total. The lowest BCUT2D eigenvalue weighted by atomic mass is 10.1. The molecular formula is C21H23Cl2NO4. The lowest BCUT2D eigenvalue weighted by Gasteiger charge is -2.26. The zero-order valence-electron chi connectivity index (χ0n) is 16.2. The number of carbonyl (C=O) groups excluding carboxylic acids is 1. The largest absolute Gasteiger partial charge is 0.497 e. The summed E-state index contributed by atoms with van der Waals surface area (Å²) in [6.45, 7) is 3.41. The van der Waals surface area contributed by atoms with Gasteiger partial charge in [-0.2, -0.15) is 0 Å². The van der Waals surface area contributed by atoms with E-state index in [1.807, 2.05) is 24.3 Å². The van der Waals surface area contributed by atoms with Crippen LogP contribution in [0, 0.1) is 0 Å². The minimum absolute atomic E-state index is 0.142. The number of anilines is 1. The second kappa shape index (κ2) is 7.72. The van der Waals surface area contributed by atoms with Gasteiger partial charge in [-0.25, -0.2) is 0 Å². The first-order valence-corrected chi connectivity index (χ1v) is 9.62. The zero-order chi connectivity index (χ0) is 20.5. The Hall–Kier alpha value is -2.11. The standard InChI is InChI=1S/C21H23Cl2NO4/c1-20(2,19(25)24-17-10-9-15(26-3)11-18(17)27-4)28-14-7-5-13(6-8-14)16-12-21(16,22)23/h5-11,16H,12H2,1-4H3,(H,24,25)/t16-/m0/s1. The summed E-state index contributed by atoms with van der Waals surface area (Å²) in [6.07, 6.45) is 0.744. The van der Waals surface area contributed by atoms with Crippen LogP contribution in [0.2, 0.25) is 0 Å². The van der Waals surface area contributed by atoms with Crippen LogP contribution < -0.4 is 19.5 Å². The van der Waals surface area contributed by atoms with Crippen molar-refractivity contribution in [3.05, 3.63) is 48.0 Å². The number of methoxy groups -OCH3 is 2. The zero-order valence-corrected chi connectivity index (χ0v) is 17.7. The lowest BCUT2D eigenvalue weighted by molar-refractivity contribution is -0.128. The smallest absolute Gasteiger partial charge is 0.268 e. The van der Waals surface area contributed by atoms with Crippen LogP contribution in [0.15, 0.2) is 42.5 Å². The molecule has 150 valence electrons. The summed E-state index contributed by atoms with van der Waals surface area (Å²) in [5.74, 6) is 1.56. The van der Waals surface area contributed by atoms with E-state index in [0.29, 0.717) is 22.9 Å². The maximum atomic E-state index is 12.8. The first-order chi connectivity index (χ1) is 13.2. The van der Waals surface area contributed by atoms with Crippen LogP contribution in [0.3, 0.4) is 0 Å². The first kappa shape index (κ1) is 20.6. The van der Waals surface area contributed by atoms with Gasteiger partial charge in [0.05, 0.1) is 19.9 Å². The fourth-order valence-electron chi connectivity index (χ4n) is 2.86. The van der Waals surface area contributed by atoms with Crippen molar-refractivity contribution in [2.24, 2.45) is 0 Å². The van der Waals surface area contributed by atoms with Gasteiger partial charge >= 0.3 is 0 Å². The van der Waals surface area contributed by atoms with Gasteiger partial charge in [-0.3, -0.25) is 4.79 Å². The SMILES string of the molecule is COc1ccc(NC(=O)C(C)(C)Oc2ccc([C@@H]3CC3(Cl)Cl)cc2)c(OC)c1. The molecule has 0 heterocycles. The van der Waals surface area contributed by atoms with Gasteiger partial charge in [0.25, 0.3) is 5.91 Å². The van der Waals surface area contributed by atoms with E-state index in [9.17, 15) is 4.79 Å². The Balaban J connectivity index is 1.68. The highest BCUT2D eigenvalue weighted by Crippen LogP contribution is 2.59. The quantitative estimate of drug-likeness (QED) is 0.624. The molecule has 3 rings (SSSR count). The summed E-state index contributed by atoms with van der Waals surface area (Å²) in [4.78, 5) is 12.8. The van der Waals surface area contributed by atoms with E-state index in [1.54, 1.807) is 39.2 Å². The molecule has 0 unspecified atom stereocenters. The van der Waals surface area contributed by atoms with Crippen LogP contribution in [-0.2, 0) is 4.79 Å². The number of benzene rings is 2. The van der Waals surface area contributed by atoms with Crippen molar-refractivity contribution < 1.29 is 19.0 Å². The molecule has 7 heteroatoms. The third-order valence-electron chi connectivity index (χ3n) is 4.69. The van der Waals surface area contributed by atoms with E-state index >= 15 is 0 Å². The van der Waals surface area contributed by atoms with E-state index < -0.39 is 9.93 Å². The molecule has 1 atom stereocenters. The Morgan fingerprint density at radius 1 is 1.07 bits per heavy atom. The van der Waals surface area contributed by atoms with Crippen LogP contribution >= 0.6 is 23.2 Å². The van der Waals surface area contributed by atoms with Crippen molar-refractivity contribution in [1.29, 1.82) is 0 Å². The van der Waals surface area contributed by atoms with E-state index in [0.717, 1.165) is 12.0 Å². The van der Waals surface area contributed by atoms with Crippen molar-refractivity contribution in [2.75, 3.05) is 19.5 Å². The Morgan fingerprint density at radius 3 is 2.21 bits per heavy atom. The predicted octanol–water partition coefficient (Wildman–Crippen LogP) is 5.16. The lowest BCUT2D eigenvalue weighted by Crippen LogP contribution is -2.42. The Bertz CT molecular complexity index is 865. The molecule has 0 bridgehead atoms. The number of nitrogens with one attached hydrogen (secondary N) is 1. The van der Waals surface area contributed by atoms with Crippen LogP contribution in [0.25, 0.3) is 0 Å². The van der Waals surface area contributed by atoms with Crippen LogP contribution in [0.4, 0.5) is 5.69 Å². The van der Waals surface area contributed by atoms with Crippen molar-refractivity contribution in [1.82, 2.24) is 0 Å². The molecule has 1 amide bonds. The summed E-state index contributed by atoms with van der Waals surface area (Å²) < 4.78 is 15.7. The molecule has 1 aliphatic carbocycles. The summed E-state index contributed by atoms with van der Waals surface area (Å²) in [5, 5.41) is 2.84. The van der Waals surface area contributed by atoms with Gasteiger partial charge in [-0.1, -0.05) is 12.1 Å². The van der Waals surface area contributed by atoms with E-state index in [4.69, 9.17) is 37.4 Å². The first-order valence-electron chi connectivity index (χ1n) is 8.86. The number of carbonyl (C=O) groups is 1. The fourth-order valence-corrected chi connectivity index (χ4v) is 3.42. The van der Waals surface area contributed by atoms with Gasteiger partial charge in [-0.05, 0) is 50.1 Å². The molecule has 1 fully saturated rings. The van der Waals surface area contributed by atoms with Crippen LogP contribution in [-0.4, -0.2) is 30.1 Å². The van der Waals surface area contributed by atoms with E-state index in [-0.39, 0.29) is 11.8 Å². The number of ether oxygens (including phenoxy) is 3. The number of amides is 1. The monoisotopic (exact) mass is 423 g/mol. The molecule has 0 aromatic heterocycles. The topological polar surface area (TPSA) is 56.8 Å². The van der Waals surface area contributed by atoms with Crippen LogP contribution in [0.5, 0.6) is 17.2 Å². The van der Waals surface area contributed by atoms with Gasteiger partial charge in [0.15, 0.2) is 5.60 Å². The average molecular weight is 424 g/mol. The average Bonchev–Trinajstić information content (AvgIpc) is 3.30. The van der Waals surface area contributed by atoms with Crippen molar-refractivity contribution >= 4 is 34.8 Å². The molecule has 0 spiro atoms. The summed E-state index contributed by atoms with van der Waals surface area (Å²) in [7, 11) is 3.10. The molecule has 1 N–H and O–H groups in total. The van der Waals surface area contributed by atoms with Gasteiger partial charge < -0.3 is 19.5 Å². The number of rotatable bonds is 7. The third kappa shape index (κ3) is 4.47. The van der Waals surface area contributed by atoms with Gasteiger partial charge in [0.2, 0.25) is 0 Å². The molecule has 2 aromatic rings. The number of hydrogen-bond acceptors (Lipinski definition) is 4. The highest BCUT2D eigenvalue weighted by atomic mass is 35.5. The maximum Gasteiger partial charge on any atom is 0.268 e. The molecule has 0 saturated heterocycles. The summed E-state index contributed by atoms with van der Waals surface area (Å²) in [5.41, 5.74) is 0.492. The highest BCUT2D eigenvalue weighted by molar-refractivity contribution is 6.51. The second-order valence-electron chi connectivity index (χ2n) is 7.22. The number of halogens is 2. The second-order valence-corrected chi connectivity index (χ2v) is 8.76. The number of hydrogen-bond donors (Lipinski definition) is 1. The molecular weight excluding hydrogens is 401 g/mol. The maximum absolute atomic E-state index is 12.8. The fraction of sp³-hybridized carbons (Fsp3) is 0.381. The van der Waals surface area contributed by atoms with Gasteiger partial charge in [-0.15, -0.1) is 23.2 Å². The Kier molecular flexibility index (Phi) is 5.69. The summed E-state index contributed by atoms with van der Waals surface area (Å²) in [6, 6.07) is 12.7. The van der Waals surface area contributed by atoms with Crippen molar-refractivity contribution in [2.45, 2.75) is 36.1 Å². The molecule has 2 aromatic carbocycles. The molecule has 28 heavy (non-hydrogen) atoms. The molecule has 0 radical (unpaired) electrons. The summed E-state index contributed by atoms with van der Waals surface area (Å²) >= 11 is 12.2. The molecule has 0 aliphatic heterocycles. The molecule has 1 aliphatic rings. The normalized spacial score (nSPS) is 17.6. The minimum Gasteiger partial charge on any atom is -0.497 e. The van der Waals surface area contributed by atoms with E-state index in [2.05, 4.69) is 5.32 Å². The Labute approximate surface area is 174 Å². The van der Waals surface area contributed by atoms with Crippen molar-refractivity contribution in [3.63, 3.8) is 0 Å². The highest BCUT2D eigenvalue weighted by Gasteiger charge is 2.52. The minimum atomic E-state index is -1.10. The molecule has 1 saturated carbocycles. The van der Waals surface area contributed by atoms with Crippen molar-refractivity contribution in [3.8, 4) is 17.2 Å². The van der Waals surface area contributed by atoms with Gasteiger partial charge in [0, 0.05) is 12.0 Å². The van der Waals surface area contributed by atoms with Crippen LogP contribution in [0.1, 0.15) is 31.7 Å². The Morgan fingerprint density at radius 2 is 1.68 bits per heavy atom.